The molecule has 3 nitrogen and oxygen atoms in total. The lowest BCUT2D eigenvalue weighted by Gasteiger charge is -2.37. The number of aliphatic hydroxyl groups is 1. The van der Waals surface area contributed by atoms with Crippen LogP contribution < -0.4 is 4.90 Å². The third-order valence-corrected chi connectivity index (χ3v) is 9.91. The van der Waals surface area contributed by atoms with Gasteiger partial charge in [-0.25, -0.2) is 0 Å². The Bertz CT molecular complexity index is 1820. The molecule has 4 aromatic carbocycles. The summed E-state index contributed by atoms with van der Waals surface area (Å²) in [6.07, 6.45) is 9.87. The van der Waals surface area contributed by atoms with Gasteiger partial charge in [0.1, 0.15) is 11.2 Å². The third-order valence-electron chi connectivity index (χ3n) is 9.91. The first kappa shape index (κ1) is 27.0. The highest BCUT2D eigenvalue weighted by molar-refractivity contribution is 6.12. The van der Waals surface area contributed by atoms with Crippen molar-refractivity contribution in [3.05, 3.63) is 101 Å². The summed E-state index contributed by atoms with van der Waals surface area (Å²) in [6.45, 7) is 9.29. The fourth-order valence-corrected chi connectivity index (χ4v) is 7.66. The molecule has 0 bridgehead atoms. The number of hydrogen-bond acceptors (Lipinski definition) is 3. The van der Waals surface area contributed by atoms with Crippen LogP contribution in [-0.2, 0) is 5.41 Å². The zero-order chi connectivity index (χ0) is 29.0. The minimum atomic E-state index is -0.135. The number of para-hydroxylation sites is 1. The topological polar surface area (TPSA) is 36.6 Å². The highest BCUT2D eigenvalue weighted by atomic mass is 16.3. The second kappa shape index (κ2) is 10.5. The van der Waals surface area contributed by atoms with Crippen molar-refractivity contribution in [1.29, 1.82) is 0 Å². The van der Waals surface area contributed by atoms with E-state index in [2.05, 4.69) is 111 Å². The van der Waals surface area contributed by atoms with Gasteiger partial charge >= 0.3 is 0 Å². The number of unbranched alkanes of at least 4 members (excludes halogenated alkanes) is 1. The van der Waals surface area contributed by atoms with Crippen molar-refractivity contribution in [2.45, 2.75) is 77.2 Å². The highest BCUT2D eigenvalue weighted by Crippen LogP contribution is 2.54. The molecule has 2 aliphatic rings. The van der Waals surface area contributed by atoms with Gasteiger partial charge < -0.3 is 14.4 Å². The summed E-state index contributed by atoms with van der Waals surface area (Å²) < 4.78 is 6.59. The van der Waals surface area contributed by atoms with Gasteiger partial charge in [-0.1, -0.05) is 101 Å². The van der Waals surface area contributed by atoms with Gasteiger partial charge in [0.15, 0.2) is 0 Å². The Hall–Kier alpha value is -3.82. The van der Waals surface area contributed by atoms with E-state index in [1.807, 2.05) is 6.07 Å². The predicted octanol–water partition coefficient (Wildman–Crippen LogP) is 10.5. The molecule has 1 heterocycles. The van der Waals surface area contributed by atoms with Crippen LogP contribution in [0.15, 0.2) is 83.3 Å². The Morgan fingerprint density at radius 2 is 1.79 bits per heavy atom. The number of benzene rings is 4. The van der Waals surface area contributed by atoms with Gasteiger partial charge in [-0.05, 0) is 77.3 Å². The molecule has 0 saturated heterocycles. The van der Waals surface area contributed by atoms with E-state index in [-0.39, 0.29) is 18.1 Å². The molecule has 0 aliphatic heterocycles. The molecule has 42 heavy (non-hydrogen) atoms. The van der Waals surface area contributed by atoms with E-state index in [0.29, 0.717) is 5.92 Å². The van der Waals surface area contributed by atoms with Gasteiger partial charge in [-0.15, -0.1) is 0 Å². The molecule has 2 atom stereocenters. The first-order chi connectivity index (χ1) is 20.5. The standard InChI is InChI=1S/C39H41NO2/c1-5-7-15-28(24-41)40(34-17-11-14-26-13-10-12-25(6-2)36(26)34)27-19-21-32-31(23-27)37-33(39(32,3)4)22-20-30-29-16-8-9-18-35(29)42-38(30)37/h8-11,13-14,16-23,25,28,41H,5-7,12,15,24H2,1-4H3. The molecule has 0 amide bonds. The number of allylic oxidation sites excluding steroid dienone is 1. The first-order valence-corrected chi connectivity index (χ1v) is 15.8. The fourth-order valence-electron chi connectivity index (χ4n) is 7.66. The van der Waals surface area contributed by atoms with Crippen molar-refractivity contribution in [3.63, 3.8) is 0 Å². The lowest BCUT2D eigenvalue weighted by atomic mass is 9.82. The number of anilines is 2. The fraction of sp³-hybridized carbons (Fsp3) is 0.333. The molecule has 0 saturated carbocycles. The second-order valence-corrected chi connectivity index (χ2v) is 12.7. The maximum atomic E-state index is 10.9. The minimum absolute atomic E-state index is 0.00575. The van der Waals surface area contributed by atoms with Crippen LogP contribution in [0.4, 0.5) is 11.4 Å². The Morgan fingerprint density at radius 3 is 2.60 bits per heavy atom. The highest BCUT2D eigenvalue weighted by Gasteiger charge is 2.38. The van der Waals surface area contributed by atoms with E-state index in [1.54, 1.807) is 0 Å². The summed E-state index contributed by atoms with van der Waals surface area (Å²) in [5.74, 6) is 0.471. The zero-order valence-corrected chi connectivity index (χ0v) is 25.3. The molecule has 214 valence electrons. The Labute approximate surface area is 249 Å². The van der Waals surface area contributed by atoms with Crippen LogP contribution in [0.3, 0.4) is 0 Å². The van der Waals surface area contributed by atoms with Gasteiger partial charge in [0, 0.05) is 33.1 Å². The summed E-state index contributed by atoms with van der Waals surface area (Å²) in [4.78, 5) is 2.46. The molecule has 0 radical (unpaired) electrons. The number of nitrogens with zero attached hydrogens (tertiary/aromatic N) is 1. The Balaban J connectivity index is 1.47. The van der Waals surface area contributed by atoms with Crippen LogP contribution >= 0.6 is 0 Å². The minimum Gasteiger partial charge on any atom is -0.455 e. The van der Waals surface area contributed by atoms with Crippen molar-refractivity contribution >= 4 is 39.4 Å². The second-order valence-electron chi connectivity index (χ2n) is 12.7. The molecule has 3 heteroatoms. The Kier molecular flexibility index (Phi) is 6.74. The monoisotopic (exact) mass is 555 g/mol. The summed E-state index contributed by atoms with van der Waals surface area (Å²) in [5.41, 5.74) is 12.0. The molecule has 1 aromatic heterocycles. The quantitative estimate of drug-likeness (QED) is 0.207. The molecular formula is C39H41NO2. The van der Waals surface area contributed by atoms with Crippen LogP contribution in [0, 0.1) is 0 Å². The van der Waals surface area contributed by atoms with Gasteiger partial charge in [-0.2, -0.15) is 0 Å². The van der Waals surface area contributed by atoms with Crippen molar-refractivity contribution in [1.82, 2.24) is 0 Å². The van der Waals surface area contributed by atoms with Gasteiger partial charge in [-0.3, -0.25) is 0 Å². The van der Waals surface area contributed by atoms with E-state index in [1.165, 1.54) is 44.5 Å². The van der Waals surface area contributed by atoms with E-state index in [9.17, 15) is 5.11 Å². The number of hydrogen-bond donors (Lipinski definition) is 1. The van der Waals surface area contributed by atoms with E-state index >= 15 is 0 Å². The SMILES string of the molecule is CCCCC(CO)N(c1ccc2c(c1)-c1c(ccc3c1oc1ccccc13)C2(C)C)c1cccc2c1C(CC)CC=C2. The average molecular weight is 556 g/mol. The maximum Gasteiger partial charge on any atom is 0.143 e. The molecule has 7 rings (SSSR count). The smallest absolute Gasteiger partial charge is 0.143 e. The first-order valence-electron chi connectivity index (χ1n) is 15.8. The molecular weight excluding hydrogens is 514 g/mol. The normalized spacial score (nSPS) is 17.3. The number of fused-ring (bicyclic) bond motifs is 8. The van der Waals surface area contributed by atoms with Crippen LogP contribution in [-0.4, -0.2) is 17.8 Å². The van der Waals surface area contributed by atoms with Gasteiger partial charge in [0.2, 0.25) is 0 Å². The van der Waals surface area contributed by atoms with E-state index in [4.69, 9.17) is 4.42 Å². The number of rotatable bonds is 8. The average Bonchev–Trinajstić information content (AvgIpc) is 3.50. The van der Waals surface area contributed by atoms with Crippen LogP contribution in [0.2, 0.25) is 0 Å². The molecule has 5 aromatic rings. The molecule has 1 N–H and O–H groups in total. The molecule has 2 unspecified atom stereocenters. The van der Waals surface area contributed by atoms with Gasteiger partial charge in [0.25, 0.3) is 0 Å². The van der Waals surface area contributed by atoms with E-state index in [0.717, 1.165) is 54.3 Å². The van der Waals surface area contributed by atoms with Crippen LogP contribution in [0.25, 0.3) is 39.1 Å². The summed E-state index contributed by atoms with van der Waals surface area (Å²) in [6, 6.07) is 26.6. The lowest BCUT2D eigenvalue weighted by Crippen LogP contribution is -2.35. The lowest BCUT2D eigenvalue weighted by molar-refractivity contribution is 0.257. The largest absolute Gasteiger partial charge is 0.455 e. The molecule has 0 fully saturated rings. The van der Waals surface area contributed by atoms with Crippen molar-refractivity contribution in [3.8, 4) is 11.1 Å². The Morgan fingerprint density at radius 1 is 0.952 bits per heavy atom. The van der Waals surface area contributed by atoms with Crippen LogP contribution in [0.1, 0.15) is 88.0 Å². The summed E-state index contributed by atoms with van der Waals surface area (Å²) >= 11 is 0. The predicted molar refractivity (Wildman–Crippen MR) is 177 cm³/mol. The van der Waals surface area contributed by atoms with Crippen molar-refractivity contribution < 1.29 is 9.52 Å². The maximum absolute atomic E-state index is 10.9. The third kappa shape index (κ3) is 4.05. The number of aliphatic hydroxyl groups excluding tert-OH is 1. The summed E-state index contributed by atoms with van der Waals surface area (Å²) in [7, 11) is 0. The molecule has 0 spiro atoms. The van der Waals surface area contributed by atoms with E-state index < -0.39 is 0 Å². The zero-order valence-electron chi connectivity index (χ0n) is 25.3. The molecule has 2 aliphatic carbocycles. The van der Waals surface area contributed by atoms with Crippen LogP contribution in [0.5, 0.6) is 0 Å². The van der Waals surface area contributed by atoms with Crippen molar-refractivity contribution in [2.24, 2.45) is 0 Å². The van der Waals surface area contributed by atoms with Gasteiger partial charge in [0.05, 0.1) is 12.6 Å². The number of furan rings is 1. The van der Waals surface area contributed by atoms with Crippen molar-refractivity contribution in [2.75, 3.05) is 11.5 Å². The summed E-state index contributed by atoms with van der Waals surface area (Å²) in [5, 5.41) is 13.2.